The molecule has 5 nitrogen and oxygen atoms in total. The normalized spacial score (nSPS) is 14.8. The Hall–Kier alpha value is -1.02. The maximum atomic E-state index is 8.49. The Morgan fingerprint density at radius 2 is 1.40 bits per heavy atom. The van der Waals surface area contributed by atoms with Crippen molar-refractivity contribution in [3.63, 3.8) is 0 Å². The molecule has 1 aromatic heterocycles. The maximum Gasteiger partial charge on any atom is 0.231 e. The Bertz CT molecular complexity index is 695. The molecule has 0 amide bonds. The average Bonchev–Trinajstić information content (AvgIpc) is 2.77. The van der Waals surface area contributed by atoms with Gasteiger partial charge in [-0.2, -0.15) is 4.57 Å². The Labute approximate surface area is 154 Å². The molecular weight excluding hydrogens is 362 g/mol. The predicted octanol–water partition coefficient (Wildman–Crippen LogP) is -0.147. The highest BCUT2D eigenvalue weighted by Gasteiger charge is 2.25. The van der Waals surface area contributed by atoms with Gasteiger partial charge in [-0.15, -0.1) is 10.2 Å². The second kappa shape index (κ2) is 8.58. The van der Waals surface area contributed by atoms with Gasteiger partial charge in [0.2, 0.25) is 16.9 Å². The number of halogens is 1. The first-order chi connectivity index (χ1) is 11.7. The monoisotopic (exact) mass is 385 g/mol. The van der Waals surface area contributed by atoms with Crippen molar-refractivity contribution in [3.8, 4) is 5.69 Å². The van der Waals surface area contributed by atoms with E-state index in [1.807, 2.05) is 11.3 Å². The van der Waals surface area contributed by atoms with Crippen LogP contribution >= 0.6 is 11.3 Å². The molecule has 1 aromatic carbocycles. The highest BCUT2D eigenvalue weighted by Crippen LogP contribution is 2.25. The third-order valence-corrected chi connectivity index (χ3v) is 5.40. The molecule has 0 N–H and O–H groups in total. The first kappa shape index (κ1) is 20.3. The van der Waals surface area contributed by atoms with Crippen molar-refractivity contribution in [2.75, 3.05) is 0 Å². The lowest BCUT2D eigenvalue weighted by Gasteiger charge is -2.17. The number of aryl methyl sites for hydroxylation is 4. The van der Waals surface area contributed by atoms with Crippen LogP contribution in [0, 0.1) is 31.0 Å². The van der Waals surface area contributed by atoms with E-state index in [1.165, 1.54) is 60.9 Å². The summed E-state index contributed by atoms with van der Waals surface area (Å²) in [5, 5.41) is 0. The molecule has 0 bridgehead atoms. The molecule has 0 fully saturated rings. The molecule has 138 valence electrons. The van der Waals surface area contributed by atoms with E-state index >= 15 is 0 Å². The Balaban J connectivity index is 0.000000399. The highest BCUT2D eigenvalue weighted by atomic mass is 35.7. The van der Waals surface area contributed by atoms with Crippen molar-refractivity contribution in [3.05, 3.63) is 44.9 Å². The predicted molar refractivity (Wildman–Crippen MR) is 85.9 cm³/mol. The topological polar surface area (TPSA) is 96.1 Å². The largest absolute Gasteiger partial charge is 0.231 e. The summed E-state index contributed by atoms with van der Waals surface area (Å²) in [5.41, 5.74) is 9.48. The van der Waals surface area contributed by atoms with Crippen molar-refractivity contribution in [2.45, 2.75) is 59.3 Å². The van der Waals surface area contributed by atoms with E-state index in [1.54, 1.807) is 10.6 Å². The zero-order chi connectivity index (χ0) is 18.6. The van der Waals surface area contributed by atoms with Gasteiger partial charge in [0.25, 0.3) is 0 Å². The second-order valence-electron chi connectivity index (χ2n) is 6.50. The van der Waals surface area contributed by atoms with Crippen LogP contribution < -0.4 is 23.2 Å². The number of hydrogen-bond acceptors (Lipinski definition) is 5. The minimum atomic E-state index is -4.94. The molecule has 0 radical (unpaired) electrons. The van der Waals surface area contributed by atoms with Gasteiger partial charge in [-0.05, 0) is 52.2 Å². The Morgan fingerprint density at radius 1 is 0.880 bits per heavy atom. The van der Waals surface area contributed by atoms with Crippen molar-refractivity contribution >= 4 is 11.3 Å². The summed E-state index contributed by atoms with van der Waals surface area (Å²) in [6, 6.07) is 4.62. The molecule has 0 saturated carbocycles. The molecule has 2 aromatic rings. The summed E-state index contributed by atoms with van der Waals surface area (Å²) in [4.78, 5) is 1.61. The van der Waals surface area contributed by atoms with Gasteiger partial charge in [-0.3, -0.25) is 0 Å². The zero-order valence-electron chi connectivity index (χ0n) is 14.8. The molecule has 0 aliphatic heterocycles. The lowest BCUT2D eigenvalue weighted by molar-refractivity contribution is -2.00. The third-order valence-electron chi connectivity index (χ3n) is 4.36. The van der Waals surface area contributed by atoms with Gasteiger partial charge < -0.3 is 0 Å². The first-order valence-electron chi connectivity index (χ1n) is 8.37. The van der Waals surface area contributed by atoms with Crippen LogP contribution in [0.25, 0.3) is 5.69 Å². The number of rotatable bonds is 1. The van der Waals surface area contributed by atoms with Crippen LogP contribution in [0.15, 0.2) is 17.6 Å². The van der Waals surface area contributed by atoms with E-state index in [9.17, 15) is 0 Å². The first-order valence-corrected chi connectivity index (χ1v) is 10.5. The fraction of sp³-hybridized carbons (Fsp3) is 0.500. The van der Waals surface area contributed by atoms with Gasteiger partial charge in [-0.25, -0.2) is 18.6 Å². The SMILES string of the molecule is Cc1cc(C)c(-[n+]2csc3c2CCCCCC3)c(C)c1.[O-][Cl+3]([O-])([O-])[O-]. The van der Waals surface area contributed by atoms with Crippen LogP contribution in [0.1, 0.15) is 52.9 Å². The van der Waals surface area contributed by atoms with Gasteiger partial charge in [0, 0.05) is 17.5 Å². The summed E-state index contributed by atoms with van der Waals surface area (Å²) < 4.78 is 36.5. The molecule has 1 heterocycles. The van der Waals surface area contributed by atoms with E-state index < -0.39 is 10.2 Å². The molecule has 7 heteroatoms. The van der Waals surface area contributed by atoms with Crippen LogP contribution in [-0.2, 0) is 12.8 Å². The minimum Gasteiger partial charge on any atom is -0.222 e. The van der Waals surface area contributed by atoms with Gasteiger partial charge in [0.1, 0.15) is 0 Å². The molecule has 1 aliphatic rings. The molecule has 1 aliphatic carbocycles. The van der Waals surface area contributed by atoms with E-state index in [-0.39, 0.29) is 0 Å². The number of benzene rings is 1. The number of nitrogens with zero attached hydrogens (tertiary/aromatic N) is 1. The quantitative estimate of drug-likeness (QED) is 0.638. The van der Waals surface area contributed by atoms with Crippen LogP contribution in [0.3, 0.4) is 0 Å². The van der Waals surface area contributed by atoms with Crippen molar-refractivity contribution in [2.24, 2.45) is 0 Å². The minimum absolute atomic E-state index is 1.24. The summed E-state index contributed by atoms with van der Waals surface area (Å²) >= 11 is 1.95. The number of aromatic nitrogens is 1. The van der Waals surface area contributed by atoms with Crippen LogP contribution in [0.2, 0.25) is 0 Å². The standard InChI is InChI=1S/C18H24NS.ClHO4/c1-13-10-14(2)18(15(3)11-13)19-12-20-17-9-7-5-4-6-8-16(17)19;2-1(3,4)5/h10-12H,4-9H2,1-3H3;(H,2,3,4,5)/q+1;/p-1. The highest BCUT2D eigenvalue weighted by molar-refractivity contribution is 7.09. The summed E-state index contributed by atoms with van der Waals surface area (Å²) in [7, 11) is -4.94. The average molecular weight is 386 g/mol. The molecule has 3 rings (SSSR count). The summed E-state index contributed by atoms with van der Waals surface area (Å²) in [6.07, 6.45) is 8.01. The lowest BCUT2D eigenvalue weighted by Crippen LogP contribution is -2.68. The molecule has 25 heavy (non-hydrogen) atoms. The molecule has 0 spiro atoms. The summed E-state index contributed by atoms with van der Waals surface area (Å²) in [6.45, 7) is 6.68. The van der Waals surface area contributed by atoms with Gasteiger partial charge in [0.05, 0.1) is 4.88 Å². The van der Waals surface area contributed by atoms with Crippen LogP contribution in [0.5, 0.6) is 0 Å². The number of fused-ring (bicyclic) bond motifs is 1. The molecule has 0 unspecified atom stereocenters. The smallest absolute Gasteiger partial charge is 0.222 e. The van der Waals surface area contributed by atoms with Crippen molar-refractivity contribution in [1.29, 1.82) is 0 Å². The molecular formula is C18H24ClNO4S. The molecule has 0 saturated heterocycles. The van der Waals surface area contributed by atoms with Crippen LogP contribution in [-0.4, -0.2) is 0 Å². The number of hydrogen-bond donors (Lipinski definition) is 0. The maximum absolute atomic E-state index is 8.49. The fourth-order valence-corrected chi connectivity index (χ4v) is 4.58. The van der Waals surface area contributed by atoms with Crippen molar-refractivity contribution in [1.82, 2.24) is 0 Å². The van der Waals surface area contributed by atoms with E-state index in [0.29, 0.717) is 0 Å². The van der Waals surface area contributed by atoms with E-state index in [2.05, 4.69) is 43.0 Å². The van der Waals surface area contributed by atoms with Gasteiger partial charge in [-0.1, -0.05) is 29.7 Å². The van der Waals surface area contributed by atoms with Crippen LogP contribution in [0.4, 0.5) is 0 Å². The summed E-state index contributed by atoms with van der Waals surface area (Å²) in [5.74, 6) is 0. The van der Waals surface area contributed by atoms with Gasteiger partial charge in [0.15, 0.2) is 0 Å². The van der Waals surface area contributed by atoms with Crippen molar-refractivity contribution < 1.29 is 33.4 Å². The zero-order valence-corrected chi connectivity index (χ0v) is 16.4. The fourth-order valence-electron chi connectivity index (χ4n) is 3.52. The Morgan fingerprint density at radius 3 is 1.96 bits per heavy atom. The van der Waals surface area contributed by atoms with E-state index in [4.69, 9.17) is 18.6 Å². The number of thiazole rings is 1. The van der Waals surface area contributed by atoms with E-state index in [0.717, 1.165) is 0 Å². The second-order valence-corrected chi connectivity index (χ2v) is 8.20. The lowest BCUT2D eigenvalue weighted by atomic mass is 10.0. The third kappa shape index (κ3) is 6.02. The Kier molecular flexibility index (Phi) is 6.96. The molecule has 0 atom stereocenters. The van der Waals surface area contributed by atoms with Gasteiger partial charge >= 0.3 is 0 Å².